The van der Waals surface area contributed by atoms with E-state index in [9.17, 15) is 4.79 Å². The van der Waals surface area contributed by atoms with Gasteiger partial charge in [-0.05, 0) is 6.07 Å². The Morgan fingerprint density at radius 1 is 1.69 bits per heavy atom. The summed E-state index contributed by atoms with van der Waals surface area (Å²) in [6, 6.07) is 3.34. The molecule has 1 N–H and O–H groups in total. The Labute approximate surface area is 73.2 Å². The highest BCUT2D eigenvalue weighted by Gasteiger charge is 2.06. The van der Waals surface area contributed by atoms with E-state index in [0.29, 0.717) is 11.0 Å². The molecule has 0 saturated heterocycles. The molecule has 0 aliphatic heterocycles. The van der Waals surface area contributed by atoms with Gasteiger partial charge in [-0.3, -0.25) is 9.89 Å². The van der Waals surface area contributed by atoms with Crippen molar-refractivity contribution in [3.63, 3.8) is 0 Å². The number of rotatable bonds is 0. The van der Waals surface area contributed by atoms with Crippen molar-refractivity contribution in [2.24, 2.45) is 7.05 Å². The molecule has 2 aromatic rings. The molecule has 0 spiro atoms. The number of H-pyrrole nitrogens is 1. The Bertz CT molecular complexity index is 558. The summed E-state index contributed by atoms with van der Waals surface area (Å²) in [6.07, 6.45) is 1.55. The van der Waals surface area contributed by atoms with Crippen LogP contribution in [-0.4, -0.2) is 14.8 Å². The molecule has 2 aromatic heterocycles. The van der Waals surface area contributed by atoms with Crippen LogP contribution in [-0.2, 0) is 7.05 Å². The molecule has 13 heavy (non-hydrogen) atoms. The zero-order valence-electron chi connectivity index (χ0n) is 6.90. The number of pyridine rings is 1. The van der Waals surface area contributed by atoms with Gasteiger partial charge in [-0.2, -0.15) is 10.4 Å². The summed E-state index contributed by atoms with van der Waals surface area (Å²) in [7, 11) is 1.61. The average molecular weight is 174 g/mol. The van der Waals surface area contributed by atoms with Crippen LogP contribution in [0.4, 0.5) is 0 Å². The first-order valence-electron chi connectivity index (χ1n) is 3.67. The van der Waals surface area contributed by atoms with Crippen molar-refractivity contribution in [1.29, 1.82) is 5.26 Å². The second-order valence-corrected chi connectivity index (χ2v) is 2.70. The summed E-state index contributed by atoms with van der Waals surface area (Å²) in [5, 5.41) is 15.1. The minimum atomic E-state index is -0.295. The maximum absolute atomic E-state index is 11.4. The summed E-state index contributed by atoms with van der Waals surface area (Å²) in [6.45, 7) is 0. The molecule has 0 amide bonds. The highest BCUT2D eigenvalue weighted by atomic mass is 16.1. The molecule has 5 nitrogen and oxygen atoms in total. The van der Waals surface area contributed by atoms with Gasteiger partial charge in [-0.1, -0.05) is 0 Å². The van der Waals surface area contributed by atoms with E-state index in [1.165, 1.54) is 10.6 Å². The van der Waals surface area contributed by atoms with Crippen LogP contribution in [0.15, 0.2) is 17.1 Å². The third kappa shape index (κ3) is 0.924. The maximum Gasteiger partial charge on any atom is 0.268 e. The van der Waals surface area contributed by atoms with Crippen LogP contribution in [0.1, 0.15) is 5.56 Å². The van der Waals surface area contributed by atoms with Gasteiger partial charge in [-0.15, -0.1) is 0 Å². The Kier molecular flexibility index (Phi) is 1.43. The van der Waals surface area contributed by atoms with Gasteiger partial charge in [0.05, 0.1) is 17.2 Å². The lowest BCUT2D eigenvalue weighted by Gasteiger charge is -1.98. The van der Waals surface area contributed by atoms with E-state index >= 15 is 0 Å². The first kappa shape index (κ1) is 7.55. The smallest absolute Gasteiger partial charge is 0.268 e. The van der Waals surface area contributed by atoms with Crippen molar-refractivity contribution >= 4 is 11.0 Å². The Hall–Kier alpha value is -2.09. The number of aryl methyl sites for hydroxylation is 1. The minimum Gasteiger partial charge on any atom is -0.307 e. The number of nitriles is 1. The molecule has 0 fully saturated rings. The summed E-state index contributed by atoms with van der Waals surface area (Å²) in [5.41, 5.74) is 1.22. The van der Waals surface area contributed by atoms with Gasteiger partial charge in [0.15, 0.2) is 0 Å². The second kappa shape index (κ2) is 2.45. The van der Waals surface area contributed by atoms with Gasteiger partial charge in [0.25, 0.3) is 5.56 Å². The van der Waals surface area contributed by atoms with Gasteiger partial charge in [0.1, 0.15) is 11.6 Å². The van der Waals surface area contributed by atoms with Crippen molar-refractivity contribution < 1.29 is 0 Å². The molecule has 5 heteroatoms. The van der Waals surface area contributed by atoms with E-state index in [1.807, 2.05) is 6.07 Å². The van der Waals surface area contributed by atoms with Crippen LogP contribution in [0.5, 0.6) is 0 Å². The van der Waals surface area contributed by atoms with Crippen LogP contribution in [0.25, 0.3) is 11.0 Å². The summed E-state index contributed by atoms with van der Waals surface area (Å²) >= 11 is 0. The monoisotopic (exact) mass is 174 g/mol. The maximum atomic E-state index is 11.4. The first-order valence-corrected chi connectivity index (χ1v) is 3.67. The number of fused-ring (bicyclic) bond motifs is 1. The molecule has 0 aromatic carbocycles. The molecule has 0 bridgehead atoms. The highest BCUT2D eigenvalue weighted by molar-refractivity contribution is 5.75. The quantitative estimate of drug-likeness (QED) is 0.617. The number of nitrogens with zero attached hydrogens (tertiary/aromatic N) is 3. The van der Waals surface area contributed by atoms with Gasteiger partial charge in [0.2, 0.25) is 0 Å². The van der Waals surface area contributed by atoms with Crippen LogP contribution in [0, 0.1) is 11.3 Å². The van der Waals surface area contributed by atoms with Crippen LogP contribution in [0.3, 0.4) is 0 Å². The topological polar surface area (TPSA) is 74.5 Å². The van der Waals surface area contributed by atoms with E-state index in [0.717, 1.165) is 0 Å². The SMILES string of the molecule is Cn1c(=O)c(C#N)cc2[nH]ncc21. The molecule has 0 aliphatic rings. The normalized spacial score (nSPS) is 10.2. The summed E-state index contributed by atoms with van der Waals surface area (Å²) in [5.74, 6) is 0. The fourth-order valence-electron chi connectivity index (χ4n) is 1.24. The highest BCUT2D eigenvalue weighted by Crippen LogP contribution is 2.07. The first-order chi connectivity index (χ1) is 6.24. The Morgan fingerprint density at radius 2 is 2.46 bits per heavy atom. The van der Waals surface area contributed by atoms with E-state index in [2.05, 4.69) is 10.2 Å². The zero-order chi connectivity index (χ0) is 9.42. The fourth-order valence-corrected chi connectivity index (χ4v) is 1.24. The number of hydrogen-bond donors (Lipinski definition) is 1. The molecular formula is C8H6N4O. The third-order valence-corrected chi connectivity index (χ3v) is 1.95. The number of aromatic nitrogens is 3. The van der Waals surface area contributed by atoms with Crippen LogP contribution >= 0.6 is 0 Å². The molecule has 2 heterocycles. The number of hydrogen-bond acceptors (Lipinski definition) is 3. The van der Waals surface area contributed by atoms with Crippen LogP contribution < -0.4 is 5.56 Å². The van der Waals surface area contributed by atoms with Crippen molar-refractivity contribution in [2.45, 2.75) is 0 Å². The third-order valence-electron chi connectivity index (χ3n) is 1.95. The van der Waals surface area contributed by atoms with Gasteiger partial charge >= 0.3 is 0 Å². The van der Waals surface area contributed by atoms with Gasteiger partial charge in [0, 0.05) is 7.05 Å². The van der Waals surface area contributed by atoms with Gasteiger partial charge < -0.3 is 4.57 Å². The summed E-state index contributed by atoms with van der Waals surface area (Å²) < 4.78 is 1.40. The molecule has 64 valence electrons. The second-order valence-electron chi connectivity index (χ2n) is 2.70. The molecule has 2 rings (SSSR count). The van der Waals surface area contributed by atoms with Crippen molar-refractivity contribution in [1.82, 2.24) is 14.8 Å². The molecule has 0 atom stereocenters. The minimum absolute atomic E-state index is 0.124. The van der Waals surface area contributed by atoms with E-state index in [1.54, 1.807) is 13.2 Å². The molecule has 0 unspecified atom stereocenters. The predicted octanol–water partition coefficient (Wildman–Crippen LogP) is 0.133. The number of nitrogens with one attached hydrogen (secondary N) is 1. The molecule has 0 radical (unpaired) electrons. The lowest BCUT2D eigenvalue weighted by molar-refractivity contribution is 0.901. The van der Waals surface area contributed by atoms with Crippen molar-refractivity contribution in [3.05, 3.63) is 28.2 Å². The molecule has 0 aliphatic carbocycles. The average Bonchev–Trinajstić information content (AvgIpc) is 2.59. The standard InChI is InChI=1S/C8H6N4O/c1-12-7-4-10-11-6(7)2-5(3-9)8(12)13/h2,4H,1H3,(H,10,11). The van der Waals surface area contributed by atoms with Gasteiger partial charge in [-0.25, -0.2) is 0 Å². The lowest BCUT2D eigenvalue weighted by Crippen LogP contribution is -2.19. The fraction of sp³-hybridized carbons (Fsp3) is 0.125. The number of aromatic amines is 1. The van der Waals surface area contributed by atoms with E-state index in [-0.39, 0.29) is 11.1 Å². The van der Waals surface area contributed by atoms with Crippen LogP contribution in [0.2, 0.25) is 0 Å². The van der Waals surface area contributed by atoms with Crippen molar-refractivity contribution in [3.8, 4) is 6.07 Å². The summed E-state index contributed by atoms with van der Waals surface area (Å²) in [4.78, 5) is 11.4. The molecular weight excluding hydrogens is 168 g/mol. The Balaban J connectivity index is 3.02. The predicted molar refractivity (Wildman–Crippen MR) is 46.0 cm³/mol. The van der Waals surface area contributed by atoms with Crippen molar-refractivity contribution in [2.75, 3.05) is 0 Å². The van der Waals surface area contributed by atoms with E-state index < -0.39 is 0 Å². The molecule has 0 saturated carbocycles. The lowest BCUT2D eigenvalue weighted by atomic mass is 10.2. The largest absolute Gasteiger partial charge is 0.307 e. The zero-order valence-corrected chi connectivity index (χ0v) is 6.90. The van der Waals surface area contributed by atoms with E-state index in [4.69, 9.17) is 5.26 Å². The Morgan fingerprint density at radius 3 is 3.15 bits per heavy atom.